The molecule has 4 nitrogen and oxygen atoms in total. The lowest BCUT2D eigenvalue weighted by atomic mass is 10.5. The summed E-state index contributed by atoms with van der Waals surface area (Å²) in [6, 6.07) is 3.83. The first-order valence-electron chi connectivity index (χ1n) is 3.55. The van der Waals surface area contributed by atoms with Crippen LogP contribution in [-0.4, -0.2) is 9.55 Å². The lowest BCUT2D eigenvalue weighted by molar-refractivity contribution is 0.922. The fourth-order valence-electron chi connectivity index (χ4n) is 0.669. The predicted molar refractivity (Wildman–Crippen MR) is 44.8 cm³/mol. The molecule has 0 atom stereocenters. The van der Waals surface area contributed by atoms with E-state index >= 15 is 0 Å². The molecule has 0 aliphatic heterocycles. The molecule has 0 unspecified atom stereocenters. The van der Waals surface area contributed by atoms with Crippen LogP contribution in [0.25, 0.3) is 0 Å². The summed E-state index contributed by atoms with van der Waals surface area (Å²) in [7, 11) is 0. The van der Waals surface area contributed by atoms with E-state index in [4.69, 9.17) is 0 Å². The second kappa shape index (κ2) is 3.58. The Bertz CT molecular complexity index is 431. The molecule has 0 amide bonds. The van der Waals surface area contributed by atoms with E-state index < -0.39 is 11.2 Å². The minimum Gasteiger partial charge on any atom is -0.273 e. The van der Waals surface area contributed by atoms with Crippen molar-refractivity contribution in [1.29, 1.82) is 0 Å². The molecule has 1 rings (SSSR count). The highest BCUT2D eigenvalue weighted by Crippen LogP contribution is 1.70. The fourth-order valence-corrected chi connectivity index (χ4v) is 0.669. The molecule has 0 radical (unpaired) electrons. The molecule has 0 saturated heterocycles. The van der Waals surface area contributed by atoms with Gasteiger partial charge in [0.05, 0.1) is 0 Å². The zero-order valence-corrected chi connectivity index (χ0v) is 6.63. The molecule has 0 aromatic carbocycles. The molecule has 1 aromatic heterocycles. The molecular weight excluding hydrogens is 156 g/mol. The van der Waals surface area contributed by atoms with Gasteiger partial charge in [-0.3, -0.25) is 9.78 Å². The first-order chi connectivity index (χ1) is 5.74. The van der Waals surface area contributed by atoms with Crippen molar-refractivity contribution >= 4 is 0 Å². The lowest BCUT2D eigenvalue weighted by Gasteiger charge is -1.89. The molecule has 0 aliphatic carbocycles. The van der Waals surface area contributed by atoms with E-state index in [1.54, 1.807) is 0 Å². The van der Waals surface area contributed by atoms with Crippen LogP contribution in [-0.2, 0) is 0 Å². The molecule has 0 spiro atoms. The van der Waals surface area contributed by atoms with Crippen molar-refractivity contribution in [2.24, 2.45) is 0 Å². The van der Waals surface area contributed by atoms with Crippen LogP contribution in [0.4, 0.5) is 0 Å². The molecule has 0 bridgehead atoms. The Labute approximate surface area is 68.9 Å². The number of rotatable bonds is 0. The van der Waals surface area contributed by atoms with Crippen molar-refractivity contribution in [3.63, 3.8) is 0 Å². The van der Waals surface area contributed by atoms with Gasteiger partial charge in [0, 0.05) is 24.7 Å². The van der Waals surface area contributed by atoms with Gasteiger partial charge in [-0.05, 0) is 0 Å². The number of hydrogen-bond donors (Lipinski definition) is 1. The Morgan fingerprint density at radius 1 is 1.58 bits per heavy atom. The summed E-state index contributed by atoms with van der Waals surface area (Å²) < 4.78 is 1.14. The smallest absolute Gasteiger partial charge is 0.273 e. The Hall–Kier alpha value is -1.76. The SMILES string of the molecule is CCC#Cn1ccc(=O)[nH]c1=O. The van der Waals surface area contributed by atoms with Gasteiger partial charge in [0.2, 0.25) is 0 Å². The van der Waals surface area contributed by atoms with Gasteiger partial charge in [-0.1, -0.05) is 12.8 Å². The van der Waals surface area contributed by atoms with Crippen LogP contribution in [0.5, 0.6) is 0 Å². The summed E-state index contributed by atoms with van der Waals surface area (Å²) in [5.41, 5.74) is -0.905. The monoisotopic (exact) mass is 164 g/mol. The van der Waals surface area contributed by atoms with E-state index in [0.29, 0.717) is 6.42 Å². The molecule has 1 aromatic rings. The van der Waals surface area contributed by atoms with Gasteiger partial charge in [0.1, 0.15) is 0 Å². The number of nitrogens with zero attached hydrogens (tertiary/aromatic N) is 1. The minimum absolute atomic E-state index is 0.408. The van der Waals surface area contributed by atoms with E-state index in [2.05, 4.69) is 16.9 Å². The van der Waals surface area contributed by atoms with Gasteiger partial charge in [-0.25, -0.2) is 9.36 Å². The van der Waals surface area contributed by atoms with Crippen molar-refractivity contribution < 1.29 is 0 Å². The molecule has 0 saturated carbocycles. The zero-order valence-electron chi connectivity index (χ0n) is 6.63. The summed E-state index contributed by atoms with van der Waals surface area (Å²) >= 11 is 0. The second-order valence-electron chi connectivity index (χ2n) is 2.12. The molecule has 12 heavy (non-hydrogen) atoms. The first-order valence-corrected chi connectivity index (χ1v) is 3.55. The Morgan fingerprint density at radius 2 is 2.33 bits per heavy atom. The molecular formula is C8H8N2O2. The van der Waals surface area contributed by atoms with E-state index in [1.165, 1.54) is 12.3 Å². The van der Waals surface area contributed by atoms with Gasteiger partial charge in [0.25, 0.3) is 5.56 Å². The highest BCUT2D eigenvalue weighted by molar-refractivity contribution is 5.02. The number of aromatic amines is 1. The van der Waals surface area contributed by atoms with E-state index in [9.17, 15) is 9.59 Å². The van der Waals surface area contributed by atoms with Crippen molar-refractivity contribution in [2.45, 2.75) is 13.3 Å². The normalized spacial score (nSPS) is 8.75. The maximum Gasteiger partial charge on any atom is 0.340 e. The fraction of sp³-hybridized carbons (Fsp3) is 0.250. The highest BCUT2D eigenvalue weighted by atomic mass is 16.2. The third-order valence-electron chi connectivity index (χ3n) is 1.20. The van der Waals surface area contributed by atoms with Gasteiger partial charge < -0.3 is 0 Å². The highest BCUT2D eigenvalue weighted by Gasteiger charge is 1.89. The summed E-state index contributed by atoms with van der Waals surface area (Å²) in [6.45, 7) is 1.88. The van der Waals surface area contributed by atoms with Crippen molar-refractivity contribution in [1.82, 2.24) is 9.55 Å². The van der Waals surface area contributed by atoms with Crippen molar-refractivity contribution in [3.05, 3.63) is 33.1 Å². The number of H-pyrrole nitrogens is 1. The molecule has 4 heteroatoms. The van der Waals surface area contributed by atoms with E-state index in [0.717, 1.165) is 4.57 Å². The maximum atomic E-state index is 11.0. The first kappa shape index (κ1) is 8.34. The van der Waals surface area contributed by atoms with Crippen LogP contribution in [0, 0.1) is 12.0 Å². The summed E-state index contributed by atoms with van der Waals surface area (Å²) in [4.78, 5) is 23.6. The number of aromatic nitrogens is 2. The van der Waals surface area contributed by atoms with Crippen molar-refractivity contribution in [3.8, 4) is 12.0 Å². The molecule has 0 fully saturated rings. The maximum absolute atomic E-state index is 11.0. The third kappa shape index (κ3) is 1.86. The quantitative estimate of drug-likeness (QED) is 0.538. The van der Waals surface area contributed by atoms with Crippen LogP contribution in [0.15, 0.2) is 21.9 Å². The topological polar surface area (TPSA) is 54.9 Å². The zero-order chi connectivity index (χ0) is 8.97. The standard InChI is InChI=1S/C8H8N2O2/c1-2-3-5-10-6-4-7(11)9-8(10)12/h4,6H,2H2,1H3,(H,9,11,12). The predicted octanol–water partition coefficient (Wildman–Crippen LogP) is -0.244. The van der Waals surface area contributed by atoms with Gasteiger partial charge in [-0.15, -0.1) is 0 Å². The largest absolute Gasteiger partial charge is 0.340 e. The third-order valence-corrected chi connectivity index (χ3v) is 1.20. The van der Waals surface area contributed by atoms with Gasteiger partial charge in [-0.2, -0.15) is 0 Å². The average Bonchev–Trinajstić information content (AvgIpc) is 2.03. The average molecular weight is 164 g/mol. The van der Waals surface area contributed by atoms with Gasteiger partial charge >= 0.3 is 5.69 Å². The Morgan fingerprint density at radius 3 is 2.92 bits per heavy atom. The van der Waals surface area contributed by atoms with Crippen LogP contribution in [0.2, 0.25) is 0 Å². The lowest BCUT2D eigenvalue weighted by Crippen LogP contribution is -2.26. The molecule has 62 valence electrons. The number of hydrogen-bond acceptors (Lipinski definition) is 2. The second-order valence-corrected chi connectivity index (χ2v) is 2.12. The van der Waals surface area contributed by atoms with E-state index in [1.807, 2.05) is 6.92 Å². The van der Waals surface area contributed by atoms with Crippen LogP contribution >= 0.6 is 0 Å². The van der Waals surface area contributed by atoms with E-state index in [-0.39, 0.29) is 0 Å². The summed E-state index contributed by atoms with van der Waals surface area (Å²) in [5.74, 6) is 2.72. The molecule has 0 aliphatic rings. The summed E-state index contributed by atoms with van der Waals surface area (Å²) in [6.07, 6.45) is 2.02. The minimum atomic E-state index is -0.497. The van der Waals surface area contributed by atoms with Gasteiger partial charge in [0.15, 0.2) is 0 Å². The van der Waals surface area contributed by atoms with Crippen LogP contribution < -0.4 is 11.2 Å². The Kier molecular flexibility index (Phi) is 2.49. The number of nitrogens with one attached hydrogen (secondary N) is 1. The molecule has 1 N–H and O–H groups in total. The molecule has 1 heterocycles. The summed E-state index contributed by atoms with van der Waals surface area (Å²) in [5, 5.41) is 0. The van der Waals surface area contributed by atoms with Crippen LogP contribution in [0.1, 0.15) is 13.3 Å². The van der Waals surface area contributed by atoms with Crippen molar-refractivity contribution in [2.75, 3.05) is 0 Å². The van der Waals surface area contributed by atoms with Crippen LogP contribution in [0.3, 0.4) is 0 Å². The Balaban J connectivity index is 3.19.